The van der Waals surface area contributed by atoms with Crippen molar-refractivity contribution < 1.29 is 14.0 Å². The van der Waals surface area contributed by atoms with Crippen molar-refractivity contribution in [3.05, 3.63) is 71.0 Å². The quantitative estimate of drug-likeness (QED) is 0.664. The van der Waals surface area contributed by atoms with Crippen molar-refractivity contribution >= 4 is 23.6 Å². The second kappa shape index (κ2) is 8.30. The first-order valence-electron chi connectivity index (χ1n) is 10.8. The predicted octanol–water partition coefficient (Wildman–Crippen LogP) is 4.94. The van der Waals surface area contributed by atoms with Crippen LogP contribution in [0.3, 0.4) is 0 Å². The zero-order valence-corrected chi connectivity index (χ0v) is 19.2. The second-order valence-electron chi connectivity index (χ2n) is 9.38. The third-order valence-electron chi connectivity index (χ3n) is 6.32. The number of rotatable bonds is 2. The molecule has 0 unspecified atom stereocenters. The van der Waals surface area contributed by atoms with Gasteiger partial charge in [0.05, 0.1) is 4.87 Å². The van der Waals surface area contributed by atoms with Crippen molar-refractivity contribution in [2.45, 2.75) is 43.9 Å². The third-order valence-corrected chi connectivity index (χ3v) is 7.88. The van der Waals surface area contributed by atoms with Gasteiger partial charge in [0.1, 0.15) is 5.82 Å². The number of amides is 2. The summed E-state index contributed by atoms with van der Waals surface area (Å²) in [5, 5.41) is 0. The van der Waals surface area contributed by atoms with Crippen LogP contribution >= 0.6 is 11.8 Å². The Bertz CT molecular complexity index is 976. The van der Waals surface area contributed by atoms with Crippen LogP contribution in [0.4, 0.5) is 4.39 Å². The first-order valence-corrected chi connectivity index (χ1v) is 11.8. The van der Waals surface area contributed by atoms with Gasteiger partial charge in [0.2, 0.25) is 0 Å². The number of halogens is 1. The van der Waals surface area contributed by atoms with Crippen LogP contribution in [0.2, 0.25) is 0 Å². The topological polar surface area (TPSA) is 40.6 Å². The normalized spacial score (nSPS) is 18.5. The molecule has 2 saturated heterocycles. The van der Waals surface area contributed by atoms with Gasteiger partial charge in [-0.2, -0.15) is 0 Å². The molecule has 0 radical (unpaired) electrons. The summed E-state index contributed by atoms with van der Waals surface area (Å²) in [6, 6.07) is 13.8. The van der Waals surface area contributed by atoms with Gasteiger partial charge in [-0.05, 0) is 54.2 Å². The molecule has 0 aliphatic carbocycles. The molecule has 164 valence electrons. The van der Waals surface area contributed by atoms with Crippen molar-refractivity contribution in [1.29, 1.82) is 0 Å². The molecule has 2 aromatic rings. The number of benzene rings is 2. The number of hydrogen-bond donors (Lipinski definition) is 0. The van der Waals surface area contributed by atoms with Gasteiger partial charge >= 0.3 is 0 Å². The molecule has 0 aromatic heterocycles. The average molecular weight is 441 g/mol. The fraction of sp³-hybridized carbons (Fsp3) is 0.440. The molecule has 6 heteroatoms. The van der Waals surface area contributed by atoms with Crippen LogP contribution in [-0.2, 0) is 5.41 Å². The Morgan fingerprint density at radius 2 is 1.61 bits per heavy atom. The molecule has 2 aliphatic heterocycles. The van der Waals surface area contributed by atoms with Crippen LogP contribution in [-0.4, -0.2) is 51.9 Å². The smallest absolute Gasteiger partial charge is 0.255 e. The Morgan fingerprint density at radius 1 is 0.935 bits per heavy atom. The molecular weight excluding hydrogens is 411 g/mol. The summed E-state index contributed by atoms with van der Waals surface area (Å²) >= 11 is 1.79. The van der Waals surface area contributed by atoms with E-state index in [1.807, 2.05) is 34.1 Å². The molecule has 31 heavy (non-hydrogen) atoms. The molecule has 1 spiro atoms. The number of nitrogens with zero attached hydrogens (tertiary/aromatic N) is 2. The summed E-state index contributed by atoms with van der Waals surface area (Å²) in [5.74, 6) is 0.386. The van der Waals surface area contributed by atoms with Crippen molar-refractivity contribution in [2.75, 3.05) is 25.4 Å². The Labute approximate surface area is 187 Å². The van der Waals surface area contributed by atoms with Gasteiger partial charge < -0.3 is 9.80 Å². The first-order chi connectivity index (χ1) is 14.7. The van der Waals surface area contributed by atoms with E-state index in [2.05, 4.69) is 20.8 Å². The van der Waals surface area contributed by atoms with Gasteiger partial charge in [0.25, 0.3) is 11.8 Å². The van der Waals surface area contributed by atoms with Crippen molar-refractivity contribution in [3.63, 3.8) is 0 Å². The molecule has 0 N–H and O–H groups in total. The lowest BCUT2D eigenvalue weighted by Gasteiger charge is -2.44. The Hall–Kier alpha value is -2.34. The minimum Gasteiger partial charge on any atom is -0.338 e. The molecule has 0 atom stereocenters. The van der Waals surface area contributed by atoms with E-state index >= 15 is 0 Å². The Kier molecular flexibility index (Phi) is 5.86. The second-order valence-corrected chi connectivity index (χ2v) is 10.8. The minimum atomic E-state index is -0.398. The predicted molar refractivity (Wildman–Crippen MR) is 123 cm³/mol. The number of thioether (sulfide) groups is 1. The minimum absolute atomic E-state index is 0.0429. The van der Waals surface area contributed by atoms with Crippen LogP contribution in [0.25, 0.3) is 0 Å². The maximum absolute atomic E-state index is 13.6. The summed E-state index contributed by atoms with van der Waals surface area (Å²) in [4.78, 5) is 29.6. The Balaban J connectivity index is 1.44. The molecule has 0 bridgehead atoms. The van der Waals surface area contributed by atoms with Crippen molar-refractivity contribution in [2.24, 2.45) is 0 Å². The fourth-order valence-corrected chi connectivity index (χ4v) is 5.90. The lowest BCUT2D eigenvalue weighted by Crippen LogP contribution is -2.53. The highest BCUT2D eigenvalue weighted by molar-refractivity contribution is 8.00. The maximum Gasteiger partial charge on any atom is 0.255 e. The SMILES string of the molecule is CC(C)(C)c1ccc(C(=O)N2CCC3(CC2)SCCN3C(=O)c2cccc(F)c2)cc1. The molecule has 2 amide bonds. The number of hydrogen-bond acceptors (Lipinski definition) is 3. The molecule has 2 fully saturated rings. The van der Waals surface area contributed by atoms with E-state index in [-0.39, 0.29) is 22.1 Å². The average Bonchev–Trinajstić information content (AvgIpc) is 3.15. The molecular formula is C25H29FN2O2S. The van der Waals surface area contributed by atoms with Crippen LogP contribution in [0.5, 0.6) is 0 Å². The molecule has 0 saturated carbocycles. The van der Waals surface area contributed by atoms with Gasteiger partial charge in [0.15, 0.2) is 0 Å². The van der Waals surface area contributed by atoms with E-state index in [1.165, 1.54) is 17.7 Å². The van der Waals surface area contributed by atoms with Gasteiger partial charge in [-0.25, -0.2) is 4.39 Å². The van der Waals surface area contributed by atoms with Gasteiger partial charge in [0, 0.05) is 36.5 Å². The number of likely N-dealkylation sites (tertiary alicyclic amines) is 1. The summed E-state index contributed by atoms with van der Waals surface area (Å²) in [5.41, 5.74) is 2.35. The van der Waals surface area contributed by atoms with E-state index in [0.717, 1.165) is 18.6 Å². The summed E-state index contributed by atoms with van der Waals surface area (Å²) in [6.45, 7) is 8.35. The molecule has 4 rings (SSSR count). The Morgan fingerprint density at radius 3 is 2.23 bits per heavy atom. The van der Waals surface area contributed by atoms with E-state index in [1.54, 1.807) is 23.9 Å². The van der Waals surface area contributed by atoms with Crippen LogP contribution in [0, 0.1) is 5.82 Å². The zero-order valence-electron chi connectivity index (χ0n) is 18.4. The van der Waals surface area contributed by atoms with E-state index in [9.17, 15) is 14.0 Å². The highest BCUT2D eigenvalue weighted by atomic mass is 32.2. The summed E-state index contributed by atoms with van der Waals surface area (Å²) in [7, 11) is 0. The largest absolute Gasteiger partial charge is 0.338 e. The standard InChI is InChI=1S/C25H29FN2O2S/c1-24(2,3)20-9-7-18(8-10-20)22(29)27-13-11-25(12-14-27)28(15-16-31-25)23(30)19-5-4-6-21(26)17-19/h4-10,17H,11-16H2,1-3H3. The summed E-state index contributed by atoms with van der Waals surface area (Å²) < 4.78 is 13.6. The van der Waals surface area contributed by atoms with Gasteiger partial charge in [-0.1, -0.05) is 39.0 Å². The summed E-state index contributed by atoms with van der Waals surface area (Å²) in [6.07, 6.45) is 1.45. The fourth-order valence-electron chi connectivity index (χ4n) is 4.44. The van der Waals surface area contributed by atoms with Crippen LogP contribution in [0.15, 0.2) is 48.5 Å². The van der Waals surface area contributed by atoms with Crippen molar-refractivity contribution in [1.82, 2.24) is 9.80 Å². The number of carbonyl (C=O) groups is 2. The molecule has 2 aromatic carbocycles. The van der Waals surface area contributed by atoms with Crippen LogP contribution in [0.1, 0.15) is 59.9 Å². The van der Waals surface area contributed by atoms with Gasteiger partial charge in [-0.15, -0.1) is 11.8 Å². The third kappa shape index (κ3) is 4.36. The molecule has 2 heterocycles. The monoisotopic (exact) mass is 440 g/mol. The maximum atomic E-state index is 13.6. The molecule has 2 aliphatic rings. The van der Waals surface area contributed by atoms with Crippen molar-refractivity contribution in [3.8, 4) is 0 Å². The van der Waals surface area contributed by atoms with E-state index in [0.29, 0.717) is 30.8 Å². The highest BCUT2D eigenvalue weighted by Crippen LogP contribution is 2.44. The van der Waals surface area contributed by atoms with E-state index in [4.69, 9.17) is 0 Å². The van der Waals surface area contributed by atoms with E-state index < -0.39 is 5.82 Å². The number of piperidine rings is 1. The first kappa shape index (κ1) is 21.9. The van der Waals surface area contributed by atoms with Crippen LogP contribution < -0.4 is 0 Å². The lowest BCUT2D eigenvalue weighted by molar-refractivity contribution is 0.0497. The molecule has 4 nitrogen and oxygen atoms in total. The lowest BCUT2D eigenvalue weighted by atomic mass is 9.86. The highest BCUT2D eigenvalue weighted by Gasteiger charge is 2.47. The van der Waals surface area contributed by atoms with Gasteiger partial charge in [-0.3, -0.25) is 9.59 Å². The zero-order chi connectivity index (χ0) is 22.2. The number of carbonyl (C=O) groups excluding carboxylic acids is 2.